The second kappa shape index (κ2) is 38.3. The van der Waals surface area contributed by atoms with Crippen LogP contribution in [0.15, 0.2) is 24.3 Å². The van der Waals surface area contributed by atoms with E-state index >= 15 is 0 Å². The van der Waals surface area contributed by atoms with Crippen molar-refractivity contribution in [1.82, 2.24) is 5.32 Å². The van der Waals surface area contributed by atoms with Crippen molar-refractivity contribution < 1.29 is 15.0 Å². The van der Waals surface area contributed by atoms with Gasteiger partial charge in [0, 0.05) is 6.42 Å². The van der Waals surface area contributed by atoms with Gasteiger partial charge in [-0.15, -0.1) is 0 Å². The van der Waals surface area contributed by atoms with Crippen molar-refractivity contribution in [2.24, 2.45) is 0 Å². The van der Waals surface area contributed by atoms with E-state index in [1.807, 2.05) is 6.08 Å². The van der Waals surface area contributed by atoms with E-state index in [2.05, 4.69) is 31.3 Å². The molecule has 0 fully saturated rings. The second-order valence-electron chi connectivity index (χ2n) is 14.1. The third kappa shape index (κ3) is 34.2. The molecule has 4 heteroatoms. The second-order valence-corrected chi connectivity index (χ2v) is 14.1. The Morgan fingerprint density at radius 1 is 0.500 bits per heavy atom. The summed E-state index contributed by atoms with van der Waals surface area (Å²) in [6, 6.07) is -0.632. The molecule has 0 saturated heterocycles. The molecule has 0 aliphatic rings. The van der Waals surface area contributed by atoms with Crippen LogP contribution in [-0.4, -0.2) is 34.9 Å². The van der Waals surface area contributed by atoms with Crippen LogP contribution in [0.4, 0.5) is 0 Å². The van der Waals surface area contributed by atoms with Gasteiger partial charge in [0.15, 0.2) is 0 Å². The Labute approximate surface area is 288 Å². The normalized spacial score (nSPS) is 13.2. The van der Waals surface area contributed by atoms with Crippen LogP contribution >= 0.6 is 0 Å². The van der Waals surface area contributed by atoms with Crippen LogP contribution in [0.1, 0.15) is 219 Å². The molecule has 4 nitrogen and oxygen atoms in total. The van der Waals surface area contributed by atoms with Crippen LogP contribution in [0.3, 0.4) is 0 Å². The summed E-state index contributed by atoms with van der Waals surface area (Å²) in [5, 5.41) is 22.7. The number of allylic oxidation sites excluding steroid dienone is 3. The van der Waals surface area contributed by atoms with Crippen molar-refractivity contribution in [1.29, 1.82) is 0 Å². The van der Waals surface area contributed by atoms with Gasteiger partial charge in [-0.1, -0.05) is 212 Å². The molecule has 0 rings (SSSR count). The van der Waals surface area contributed by atoms with Gasteiger partial charge in [-0.25, -0.2) is 0 Å². The molecule has 0 saturated carbocycles. The fraction of sp³-hybridized carbons (Fsp3) is 0.881. The van der Waals surface area contributed by atoms with Crippen molar-refractivity contribution in [3.05, 3.63) is 24.3 Å². The van der Waals surface area contributed by atoms with Gasteiger partial charge in [-0.3, -0.25) is 4.79 Å². The van der Waals surface area contributed by atoms with Crippen LogP contribution in [0.2, 0.25) is 0 Å². The van der Waals surface area contributed by atoms with Crippen LogP contribution in [-0.2, 0) is 4.79 Å². The van der Waals surface area contributed by atoms with Gasteiger partial charge in [0.1, 0.15) is 0 Å². The smallest absolute Gasteiger partial charge is 0.220 e. The highest BCUT2D eigenvalue weighted by Gasteiger charge is 2.17. The minimum atomic E-state index is -0.855. The van der Waals surface area contributed by atoms with Gasteiger partial charge >= 0.3 is 0 Å². The summed E-state index contributed by atoms with van der Waals surface area (Å²) in [5.41, 5.74) is 0. The first-order chi connectivity index (χ1) is 22.7. The van der Waals surface area contributed by atoms with E-state index in [1.165, 1.54) is 167 Å². The van der Waals surface area contributed by atoms with Crippen LogP contribution < -0.4 is 5.32 Å². The number of unbranched alkanes of at least 4 members (excludes halogenated alkanes) is 28. The summed E-state index contributed by atoms with van der Waals surface area (Å²) in [5.74, 6) is -0.0743. The topological polar surface area (TPSA) is 69.6 Å². The van der Waals surface area contributed by atoms with Crippen LogP contribution in [0.25, 0.3) is 0 Å². The van der Waals surface area contributed by atoms with E-state index in [-0.39, 0.29) is 12.5 Å². The molecule has 0 heterocycles. The highest BCUT2D eigenvalue weighted by Crippen LogP contribution is 2.16. The van der Waals surface area contributed by atoms with Gasteiger partial charge in [0.05, 0.1) is 18.8 Å². The van der Waals surface area contributed by atoms with Gasteiger partial charge in [-0.2, -0.15) is 0 Å². The minimum absolute atomic E-state index is 0.0743. The van der Waals surface area contributed by atoms with E-state index in [4.69, 9.17) is 0 Å². The Bertz CT molecular complexity index is 661. The van der Waals surface area contributed by atoms with Crippen LogP contribution in [0, 0.1) is 0 Å². The molecule has 0 aromatic heterocycles. The van der Waals surface area contributed by atoms with E-state index in [0.29, 0.717) is 6.42 Å². The third-order valence-electron chi connectivity index (χ3n) is 9.44. The number of hydrogen-bond acceptors (Lipinski definition) is 3. The number of amides is 1. The monoisotopic (exact) mass is 648 g/mol. The van der Waals surface area contributed by atoms with Crippen molar-refractivity contribution in [2.75, 3.05) is 6.61 Å². The van der Waals surface area contributed by atoms with E-state index in [9.17, 15) is 15.0 Å². The third-order valence-corrected chi connectivity index (χ3v) is 9.44. The summed E-state index contributed by atoms with van der Waals surface area (Å²) in [4.78, 5) is 12.3. The molecular formula is C42H81NO3. The maximum Gasteiger partial charge on any atom is 0.220 e. The van der Waals surface area contributed by atoms with E-state index < -0.39 is 12.1 Å². The molecular weight excluding hydrogens is 566 g/mol. The van der Waals surface area contributed by atoms with Crippen LogP contribution in [0.5, 0.6) is 0 Å². The summed E-state index contributed by atoms with van der Waals surface area (Å²) < 4.78 is 0. The highest BCUT2D eigenvalue weighted by molar-refractivity contribution is 5.76. The zero-order valence-corrected chi connectivity index (χ0v) is 31.1. The Morgan fingerprint density at radius 3 is 1.24 bits per heavy atom. The number of carbonyl (C=O) groups excluding carboxylic acids is 1. The number of aliphatic hydroxyl groups is 2. The Morgan fingerprint density at radius 2 is 0.848 bits per heavy atom. The van der Waals surface area contributed by atoms with Gasteiger partial charge in [0.25, 0.3) is 0 Å². The molecule has 0 radical (unpaired) electrons. The summed E-state index contributed by atoms with van der Waals surface area (Å²) in [6.45, 7) is 4.23. The van der Waals surface area contributed by atoms with Gasteiger partial charge in [-0.05, 0) is 25.7 Å². The molecule has 0 aliphatic heterocycles. The lowest BCUT2D eigenvalue weighted by molar-refractivity contribution is -0.123. The Balaban J connectivity index is 3.42. The summed E-state index contributed by atoms with van der Waals surface area (Å²) >= 11 is 0. The summed E-state index contributed by atoms with van der Waals surface area (Å²) in [6.07, 6.45) is 48.8. The van der Waals surface area contributed by atoms with Gasteiger partial charge in [0.2, 0.25) is 5.91 Å². The molecule has 0 spiro atoms. The molecule has 0 bridgehead atoms. The zero-order chi connectivity index (χ0) is 33.6. The molecule has 2 unspecified atom stereocenters. The van der Waals surface area contributed by atoms with Gasteiger partial charge < -0.3 is 15.5 Å². The quantitative estimate of drug-likeness (QED) is 0.0464. The fourth-order valence-electron chi connectivity index (χ4n) is 6.24. The predicted octanol–water partition coefficient (Wildman–Crippen LogP) is 12.5. The van der Waals surface area contributed by atoms with E-state index in [1.54, 1.807) is 6.08 Å². The number of aliphatic hydroxyl groups excluding tert-OH is 2. The van der Waals surface area contributed by atoms with Crippen molar-refractivity contribution in [3.63, 3.8) is 0 Å². The lowest BCUT2D eigenvalue weighted by Crippen LogP contribution is -2.45. The maximum absolute atomic E-state index is 12.3. The Hall–Kier alpha value is -1.13. The SMILES string of the molecule is CCCC/C=C/CC/C=C/C(O)C(CO)NC(=O)CCCCCCCCCCCCCCCCCCCCCCCCCCCC. The number of hydrogen-bond donors (Lipinski definition) is 3. The molecule has 272 valence electrons. The molecule has 46 heavy (non-hydrogen) atoms. The number of rotatable bonds is 37. The standard InChI is InChI=1S/C42H81NO3/c1-3-5-7-9-11-13-14-15-16-17-18-19-20-21-22-23-24-25-26-27-28-29-30-32-34-36-38-42(46)43-40(39-44)41(45)37-35-33-31-12-10-8-6-4-2/h10,12,35,37,40-41,44-45H,3-9,11,13-34,36,38-39H2,1-2H3,(H,43,46)/b12-10+,37-35+. The number of carbonyl (C=O) groups is 1. The first-order valence-corrected chi connectivity index (χ1v) is 20.6. The fourth-order valence-corrected chi connectivity index (χ4v) is 6.24. The minimum Gasteiger partial charge on any atom is -0.394 e. The molecule has 0 aliphatic carbocycles. The first-order valence-electron chi connectivity index (χ1n) is 20.6. The lowest BCUT2D eigenvalue weighted by atomic mass is 10.0. The van der Waals surface area contributed by atoms with E-state index in [0.717, 1.165) is 32.1 Å². The van der Waals surface area contributed by atoms with Crippen molar-refractivity contribution in [2.45, 2.75) is 231 Å². The highest BCUT2D eigenvalue weighted by atomic mass is 16.3. The molecule has 0 aromatic carbocycles. The average molecular weight is 648 g/mol. The summed E-state index contributed by atoms with van der Waals surface area (Å²) in [7, 11) is 0. The van der Waals surface area contributed by atoms with Crippen molar-refractivity contribution >= 4 is 5.91 Å². The number of nitrogens with one attached hydrogen (secondary N) is 1. The Kier molecular flexibility index (Phi) is 37.4. The molecule has 1 amide bonds. The first kappa shape index (κ1) is 44.9. The predicted molar refractivity (Wildman–Crippen MR) is 202 cm³/mol. The van der Waals surface area contributed by atoms with Crippen molar-refractivity contribution in [3.8, 4) is 0 Å². The maximum atomic E-state index is 12.3. The largest absolute Gasteiger partial charge is 0.394 e. The lowest BCUT2D eigenvalue weighted by Gasteiger charge is -2.19. The molecule has 0 aromatic rings. The molecule has 2 atom stereocenters. The molecule has 3 N–H and O–H groups in total. The zero-order valence-electron chi connectivity index (χ0n) is 31.1. The average Bonchev–Trinajstić information content (AvgIpc) is 3.06.